The van der Waals surface area contributed by atoms with Crippen LogP contribution in [0, 0.1) is 11.3 Å². The van der Waals surface area contributed by atoms with E-state index in [1.54, 1.807) is 0 Å². The molecule has 1 heterocycles. The van der Waals surface area contributed by atoms with Crippen molar-refractivity contribution in [2.24, 2.45) is 16.3 Å². The molecule has 2 aliphatic carbocycles. The Labute approximate surface area is 174 Å². The zero-order chi connectivity index (χ0) is 17.3. The number of guanidine groups is 1. The highest BCUT2D eigenvalue weighted by molar-refractivity contribution is 14.0. The monoisotopic (exact) mass is 469 g/mol. The molecule has 3 fully saturated rings. The molecule has 26 heavy (non-hydrogen) atoms. The molecule has 4 rings (SSSR count). The summed E-state index contributed by atoms with van der Waals surface area (Å²) in [5, 5.41) is 7.36. The predicted octanol–water partition coefficient (Wildman–Crippen LogP) is 3.75. The Balaban J connectivity index is 0.00000196. The molecule has 0 bridgehead atoms. The van der Waals surface area contributed by atoms with Gasteiger partial charge in [0.05, 0.1) is 6.10 Å². The van der Waals surface area contributed by atoms with Gasteiger partial charge in [-0.2, -0.15) is 0 Å². The summed E-state index contributed by atoms with van der Waals surface area (Å²) in [5.41, 5.74) is 1.80. The topological polar surface area (TPSA) is 45.7 Å². The van der Waals surface area contributed by atoms with Crippen molar-refractivity contribution in [3.8, 4) is 0 Å². The average Bonchev–Trinajstić information content (AvgIpc) is 3.01. The number of benzene rings is 1. The van der Waals surface area contributed by atoms with Crippen molar-refractivity contribution in [3.05, 3.63) is 35.9 Å². The lowest BCUT2D eigenvalue weighted by Crippen LogP contribution is -2.72. The van der Waals surface area contributed by atoms with Gasteiger partial charge in [0, 0.05) is 37.1 Å². The van der Waals surface area contributed by atoms with Gasteiger partial charge < -0.3 is 15.4 Å². The highest BCUT2D eigenvalue weighted by Gasteiger charge is 2.66. The number of halogens is 1. The Morgan fingerprint density at radius 1 is 1.31 bits per heavy atom. The number of nitrogens with zero attached hydrogens (tertiary/aromatic N) is 1. The normalized spacial score (nSPS) is 29.8. The predicted molar refractivity (Wildman–Crippen MR) is 117 cm³/mol. The summed E-state index contributed by atoms with van der Waals surface area (Å²) in [6.45, 7) is 3.19. The van der Waals surface area contributed by atoms with Gasteiger partial charge in [0.15, 0.2) is 5.96 Å². The van der Waals surface area contributed by atoms with E-state index in [1.165, 1.54) is 31.2 Å². The van der Waals surface area contributed by atoms with Gasteiger partial charge in [-0.25, -0.2) is 0 Å². The van der Waals surface area contributed by atoms with Crippen LogP contribution in [-0.4, -0.2) is 37.8 Å². The number of hydrogen-bond acceptors (Lipinski definition) is 2. The zero-order valence-corrected chi connectivity index (χ0v) is 18.2. The number of nitrogens with one attached hydrogen (secondary N) is 2. The number of aryl methyl sites for hydroxylation is 1. The van der Waals surface area contributed by atoms with Gasteiger partial charge in [-0.15, -0.1) is 24.0 Å². The maximum absolute atomic E-state index is 6.02. The van der Waals surface area contributed by atoms with Crippen LogP contribution in [-0.2, 0) is 11.2 Å². The van der Waals surface area contributed by atoms with E-state index in [0.29, 0.717) is 29.5 Å². The lowest BCUT2D eigenvalue weighted by Gasteiger charge is -2.63. The first-order chi connectivity index (χ1) is 12.2. The lowest BCUT2D eigenvalue weighted by atomic mass is 9.46. The minimum absolute atomic E-state index is 0. The third-order valence-corrected chi connectivity index (χ3v) is 6.64. The second kappa shape index (κ2) is 8.46. The standard InChI is InChI=1S/C21H31N3O.HI/c1-15(9-10-16-7-4-3-5-8-16)23-20(22-2)24-18-17-11-14-25-19(17)21(18)12-6-13-21;/h3-5,7-8,15,17-19H,6,9-14H2,1-2H3,(H2,22,23,24);1H. The van der Waals surface area contributed by atoms with Gasteiger partial charge in [0.1, 0.15) is 0 Å². The summed E-state index contributed by atoms with van der Waals surface area (Å²) in [4.78, 5) is 4.50. The minimum atomic E-state index is 0. The second-order valence-electron chi connectivity index (χ2n) is 8.09. The van der Waals surface area contributed by atoms with Gasteiger partial charge in [-0.05, 0) is 44.6 Å². The fraction of sp³-hybridized carbons (Fsp3) is 0.667. The first-order valence-electron chi connectivity index (χ1n) is 9.88. The zero-order valence-electron chi connectivity index (χ0n) is 15.9. The van der Waals surface area contributed by atoms with E-state index in [9.17, 15) is 0 Å². The quantitative estimate of drug-likeness (QED) is 0.393. The minimum Gasteiger partial charge on any atom is -0.377 e. The van der Waals surface area contributed by atoms with Crippen LogP contribution in [0.25, 0.3) is 0 Å². The van der Waals surface area contributed by atoms with E-state index in [0.717, 1.165) is 25.4 Å². The summed E-state index contributed by atoms with van der Waals surface area (Å²) in [7, 11) is 1.88. The van der Waals surface area contributed by atoms with Crippen LogP contribution in [0.2, 0.25) is 0 Å². The van der Waals surface area contributed by atoms with Crippen LogP contribution >= 0.6 is 24.0 Å². The summed E-state index contributed by atoms with van der Waals surface area (Å²) < 4.78 is 6.02. The molecular weight excluding hydrogens is 437 g/mol. The first-order valence-corrected chi connectivity index (χ1v) is 9.88. The molecule has 5 heteroatoms. The Hall–Kier alpha value is -0.820. The average molecular weight is 469 g/mol. The Kier molecular flexibility index (Phi) is 6.49. The van der Waals surface area contributed by atoms with E-state index >= 15 is 0 Å². The molecule has 4 atom stereocenters. The SMILES string of the molecule is CN=C(NC(C)CCc1ccccc1)NC1C2CCOC2C12CCC2.I. The maximum atomic E-state index is 6.02. The maximum Gasteiger partial charge on any atom is 0.191 e. The molecule has 2 N–H and O–H groups in total. The van der Waals surface area contributed by atoms with E-state index < -0.39 is 0 Å². The smallest absolute Gasteiger partial charge is 0.191 e. The van der Waals surface area contributed by atoms with Crippen LogP contribution in [0.15, 0.2) is 35.3 Å². The first kappa shape index (κ1) is 19.9. The van der Waals surface area contributed by atoms with Gasteiger partial charge in [0.2, 0.25) is 0 Å². The van der Waals surface area contributed by atoms with Gasteiger partial charge in [-0.3, -0.25) is 4.99 Å². The molecule has 144 valence electrons. The molecule has 0 aromatic heterocycles. The Morgan fingerprint density at radius 2 is 2.08 bits per heavy atom. The summed E-state index contributed by atoms with van der Waals surface area (Å²) in [6, 6.07) is 11.7. The van der Waals surface area contributed by atoms with E-state index in [4.69, 9.17) is 4.74 Å². The van der Waals surface area contributed by atoms with Crippen molar-refractivity contribution in [1.29, 1.82) is 0 Å². The van der Waals surface area contributed by atoms with Crippen LogP contribution in [0.5, 0.6) is 0 Å². The van der Waals surface area contributed by atoms with Crippen molar-refractivity contribution in [2.75, 3.05) is 13.7 Å². The number of aliphatic imine (C=N–C) groups is 1. The molecule has 1 saturated heterocycles. The highest BCUT2D eigenvalue weighted by atomic mass is 127. The van der Waals surface area contributed by atoms with Crippen molar-refractivity contribution in [1.82, 2.24) is 10.6 Å². The van der Waals surface area contributed by atoms with Crippen molar-refractivity contribution in [3.63, 3.8) is 0 Å². The molecule has 1 aromatic carbocycles. The van der Waals surface area contributed by atoms with Crippen LogP contribution in [0.1, 0.15) is 44.6 Å². The molecule has 1 aromatic rings. The third kappa shape index (κ3) is 3.61. The van der Waals surface area contributed by atoms with Crippen molar-refractivity contribution < 1.29 is 4.74 Å². The lowest BCUT2D eigenvalue weighted by molar-refractivity contribution is -0.171. The van der Waals surface area contributed by atoms with Crippen LogP contribution < -0.4 is 10.6 Å². The second-order valence-corrected chi connectivity index (χ2v) is 8.09. The Bertz CT molecular complexity index is 617. The Morgan fingerprint density at radius 3 is 2.73 bits per heavy atom. The molecule has 4 unspecified atom stereocenters. The fourth-order valence-electron chi connectivity index (χ4n) is 5.11. The molecule has 1 spiro atoms. The number of rotatable bonds is 5. The van der Waals surface area contributed by atoms with E-state index in [-0.39, 0.29) is 24.0 Å². The summed E-state index contributed by atoms with van der Waals surface area (Å²) in [5.74, 6) is 1.64. The molecule has 2 saturated carbocycles. The molecular formula is C21H32IN3O. The highest BCUT2D eigenvalue weighted by Crippen LogP contribution is 2.62. The van der Waals surface area contributed by atoms with Crippen LogP contribution in [0.4, 0.5) is 0 Å². The molecule has 4 nitrogen and oxygen atoms in total. The summed E-state index contributed by atoms with van der Waals surface area (Å²) in [6.07, 6.45) is 7.88. The molecule has 0 amide bonds. The van der Waals surface area contributed by atoms with Crippen molar-refractivity contribution in [2.45, 2.75) is 63.6 Å². The van der Waals surface area contributed by atoms with E-state index in [2.05, 4.69) is 52.9 Å². The summed E-state index contributed by atoms with van der Waals surface area (Å²) >= 11 is 0. The molecule has 0 radical (unpaired) electrons. The third-order valence-electron chi connectivity index (χ3n) is 6.64. The van der Waals surface area contributed by atoms with Gasteiger partial charge in [0.25, 0.3) is 0 Å². The molecule has 3 aliphatic rings. The molecule has 1 aliphatic heterocycles. The number of fused-ring (bicyclic) bond motifs is 2. The van der Waals surface area contributed by atoms with E-state index in [1.807, 2.05) is 7.05 Å². The number of ether oxygens (including phenoxy) is 1. The number of hydrogen-bond donors (Lipinski definition) is 2. The van der Waals surface area contributed by atoms with Crippen LogP contribution in [0.3, 0.4) is 0 Å². The fourth-order valence-corrected chi connectivity index (χ4v) is 5.11. The van der Waals surface area contributed by atoms with Gasteiger partial charge >= 0.3 is 0 Å². The van der Waals surface area contributed by atoms with Crippen molar-refractivity contribution >= 4 is 29.9 Å². The largest absolute Gasteiger partial charge is 0.377 e. The van der Waals surface area contributed by atoms with Gasteiger partial charge in [-0.1, -0.05) is 36.8 Å².